The first-order valence-electron chi connectivity index (χ1n) is 11.0. The maximum atomic E-state index is 13.1. The van der Waals surface area contributed by atoms with Gasteiger partial charge in [0, 0.05) is 26.4 Å². The van der Waals surface area contributed by atoms with Crippen LogP contribution in [-0.2, 0) is 20.8 Å². The Bertz CT molecular complexity index is 909. The largest absolute Gasteiger partial charge is 0.497 e. The van der Waals surface area contributed by atoms with Crippen molar-refractivity contribution in [2.75, 3.05) is 20.2 Å². The second-order valence-electron chi connectivity index (χ2n) is 8.07. The maximum absolute atomic E-state index is 13.1. The second kappa shape index (κ2) is 11.3. The fourth-order valence-electron chi connectivity index (χ4n) is 3.98. The number of amides is 3. The maximum Gasteiger partial charge on any atom is 0.245 e. The molecule has 1 heterocycles. The summed E-state index contributed by atoms with van der Waals surface area (Å²) in [5.74, 6) is 0.125. The molecule has 32 heavy (non-hydrogen) atoms. The quantitative estimate of drug-likeness (QED) is 0.631. The van der Waals surface area contributed by atoms with Gasteiger partial charge in [-0.25, -0.2) is 0 Å². The zero-order valence-corrected chi connectivity index (χ0v) is 18.7. The topological polar surface area (TPSA) is 87.7 Å². The van der Waals surface area contributed by atoms with Gasteiger partial charge in [-0.2, -0.15) is 0 Å². The minimum Gasteiger partial charge on any atom is -0.497 e. The molecule has 0 saturated carbocycles. The third kappa shape index (κ3) is 6.57. The molecule has 7 heteroatoms. The van der Waals surface area contributed by atoms with Crippen molar-refractivity contribution in [2.24, 2.45) is 0 Å². The van der Waals surface area contributed by atoms with Crippen LogP contribution in [0, 0.1) is 0 Å². The number of hydrogen-bond acceptors (Lipinski definition) is 4. The molecule has 1 aliphatic heterocycles. The van der Waals surface area contributed by atoms with Gasteiger partial charge in [-0.15, -0.1) is 0 Å². The molecule has 1 aliphatic rings. The van der Waals surface area contributed by atoms with Gasteiger partial charge >= 0.3 is 0 Å². The predicted molar refractivity (Wildman–Crippen MR) is 122 cm³/mol. The number of carbonyl (C=O) groups is 3. The molecule has 3 rings (SSSR count). The number of nitrogens with one attached hydrogen (secondary N) is 2. The molecular weight excluding hydrogens is 406 g/mol. The van der Waals surface area contributed by atoms with Crippen LogP contribution in [0.3, 0.4) is 0 Å². The van der Waals surface area contributed by atoms with Gasteiger partial charge in [0.1, 0.15) is 11.8 Å². The molecule has 2 N–H and O–H groups in total. The molecule has 0 radical (unpaired) electrons. The Balaban J connectivity index is 1.73. The molecule has 2 aromatic rings. The summed E-state index contributed by atoms with van der Waals surface area (Å²) < 4.78 is 5.19. The highest BCUT2D eigenvalue weighted by Crippen LogP contribution is 2.21. The Labute approximate surface area is 189 Å². The van der Waals surface area contributed by atoms with Crippen LogP contribution in [0.25, 0.3) is 0 Å². The summed E-state index contributed by atoms with van der Waals surface area (Å²) in [7, 11) is 1.58. The lowest BCUT2D eigenvalue weighted by Crippen LogP contribution is -2.49. The highest BCUT2D eigenvalue weighted by Gasteiger charge is 2.29. The van der Waals surface area contributed by atoms with E-state index in [-0.39, 0.29) is 24.1 Å². The zero-order valence-electron chi connectivity index (χ0n) is 18.7. The van der Waals surface area contributed by atoms with Crippen molar-refractivity contribution in [3.63, 3.8) is 0 Å². The van der Waals surface area contributed by atoms with E-state index in [0.29, 0.717) is 12.2 Å². The normalized spacial score (nSPS) is 15.0. The molecule has 2 unspecified atom stereocenters. The number of methoxy groups -OCH3 is 1. The number of nitrogens with zero attached hydrogens (tertiary/aromatic N) is 1. The summed E-state index contributed by atoms with van der Waals surface area (Å²) in [6.45, 7) is 2.87. The molecular formula is C25H31N3O4. The van der Waals surface area contributed by atoms with Gasteiger partial charge in [0.05, 0.1) is 19.6 Å². The van der Waals surface area contributed by atoms with Gasteiger partial charge in [-0.1, -0.05) is 42.5 Å². The first kappa shape index (κ1) is 23.3. The van der Waals surface area contributed by atoms with E-state index in [2.05, 4.69) is 10.6 Å². The summed E-state index contributed by atoms with van der Waals surface area (Å²) in [5.41, 5.74) is 1.78. The summed E-state index contributed by atoms with van der Waals surface area (Å²) >= 11 is 0. The molecule has 3 amide bonds. The van der Waals surface area contributed by atoms with Crippen LogP contribution in [0.5, 0.6) is 5.75 Å². The molecule has 1 saturated heterocycles. The van der Waals surface area contributed by atoms with E-state index >= 15 is 0 Å². The second-order valence-corrected chi connectivity index (χ2v) is 8.07. The lowest BCUT2D eigenvalue weighted by molar-refractivity contribution is -0.135. The lowest BCUT2D eigenvalue weighted by atomic mass is 10.0. The van der Waals surface area contributed by atoms with E-state index in [0.717, 1.165) is 37.1 Å². The Hall–Kier alpha value is -3.35. The number of ether oxygens (including phenoxy) is 1. The first-order chi connectivity index (χ1) is 15.5. The highest BCUT2D eigenvalue weighted by molar-refractivity contribution is 5.88. The number of likely N-dealkylation sites (tertiary alicyclic amines) is 1. The van der Waals surface area contributed by atoms with Crippen molar-refractivity contribution in [3.8, 4) is 5.75 Å². The van der Waals surface area contributed by atoms with E-state index < -0.39 is 12.1 Å². The highest BCUT2D eigenvalue weighted by atomic mass is 16.5. The van der Waals surface area contributed by atoms with E-state index in [4.69, 9.17) is 4.74 Å². The third-order valence-corrected chi connectivity index (χ3v) is 5.62. The fraction of sp³-hybridized carbons (Fsp3) is 0.400. The lowest BCUT2D eigenvalue weighted by Gasteiger charge is -2.25. The van der Waals surface area contributed by atoms with Gasteiger partial charge in [0.2, 0.25) is 17.7 Å². The van der Waals surface area contributed by atoms with Gasteiger partial charge < -0.3 is 20.3 Å². The Kier molecular flexibility index (Phi) is 8.25. The van der Waals surface area contributed by atoms with E-state index in [9.17, 15) is 14.4 Å². The standard InChI is InChI=1S/C25H31N3O4/c1-18(29)26-22(20-10-12-21(32-2)13-11-20)17-24(30)27-23(16-19-8-4-3-5-9-19)25(31)28-14-6-7-15-28/h3-5,8-13,22-23H,6-7,14-17H2,1-2H3,(H,26,29)(H,27,30). The van der Waals surface area contributed by atoms with Crippen molar-refractivity contribution in [2.45, 2.75) is 44.7 Å². The smallest absolute Gasteiger partial charge is 0.245 e. The van der Waals surface area contributed by atoms with Gasteiger partial charge in [0.25, 0.3) is 0 Å². The van der Waals surface area contributed by atoms with Crippen molar-refractivity contribution >= 4 is 17.7 Å². The van der Waals surface area contributed by atoms with Crippen LogP contribution in [0.1, 0.15) is 43.4 Å². The van der Waals surface area contributed by atoms with Crippen molar-refractivity contribution in [1.82, 2.24) is 15.5 Å². The van der Waals surface area contributed by atoms with Crippen molar-refractivity contribution < 1.29 is 19.1 Å². The molecule has 170 valence electrons. The van der Waals surface area contributed by atoms with Crippen molar-refractivity contribution in [1.29, 1.82) is 0 Å². The summed E-state index contributed by atoms with van der Waals surface area (Å²) in [5, 5.41) is 5.77. The monoisotopic (exact) mass is 437 g/mol. The Morgan fingerprint density at radius 1 is 0.969 bits per heavy atom. The van der Waals surface area contributed by atoms with Gasteiger partial charge in [0.15, 0.2) is 0 Å². The molecule has 2 aromatic carbocycles. The number of benzene rings is 2. The average molecular weight is 438 g/mol. The molecule has 0 bridgehead atoms. The van der Waals surface area contributed by atoms with Crippen LogP contribution in [-0.4, -0.2) is 48.9 Å². The predicted octanol–water partition coefficient (Wildman–Crippen LogP) is 2.61. The first-order valence-corrected chi connectivity index (χ1v) is 11.0. The molecule has 0 spiro atoms. The SMILES string of the molecule is COc1ccc(C(CC(=O)NC(Cc2ccccc2)C(=O)N2CCCC2)NC(C)=O)cc1. The molecule has 7 nitrogen and oxygen atoms in total. The fourth-order valence-corrected chi connectivity index (χ4v) is 3.98. The number of rotatable bonds is 9. The van der Waals surface area contributed by atoms with Gasteiger partial charge in [-0.3, -0.25) is 14.4 Å². The van der Waals surface area contributed by atoms with E-state index in [1.165, 1.54) is 6.92 Å². The van der Waals surface area contributed by atoms with Crippen LogP contribution >= 0.6 is 0 Å². The summed E-state index contributed by atoms with van der Waals surface area (Å²) in [6, 6.07) is 15.8. The Morgan fingerprint density at radius 2 is 1.62 bits per heavy atom. The molecule has 1 fully saturated rings. The van der Waals surface area contributed by atoms with E-state index in [1.807, 2.05) is 47.4 Å². The zero-order chi connectivity index (χ0) is 22.9. The van der Waals surface area contributed by atoms with Gasteiger partial charge in [-0.05, 0) is 36.1 Å². The van der Waals surface area contributed by atoms with Crippen molar-refractivity contribution in [3.05, 3.63) is 65.7 Å². The number of carbonyl (C=O) groups excluding carboxylic acids is 3. The van der Waals surface area contributed by atoms with Crippen LogP contribution in [0.2, 0.25) is 0 Å². The molecule has 0 aromatic heterocycles. The minimum absolute atomic E-state index is 0.0322. The summed E-state index contributed by atoms with van der Waals surface area (Å²) in [4.78, 5) is 39.7. The van der Waals surface area contributed by atoms with Crippen LogP contribution in [0.15, 0.2) is 54.6 Å². The van der Waals surface area contributed by atoms with Crippen LogP contribution < -0.4 is 15.4 Å². The van der Waals surface area contributed by atoms with Crippen LogP contribution in [0.4, 0.5) is 0 Å². The Morgan fingerprint density at radius 3 is 2.22 bits per heavy atom. The molecule has 0 aliphatic carbocycles. The molecule has 2 atom stereocenters. The van der Waals surface area contributed by atoms with E-state index in [1.54, 1.807) is 19.2 Å². The number of hydrogen-bond donors (Lipinski definition) is 2. The summed E-state index contributed by atoms with van der Waals surface area (Å²) in [6.07, 6.45) is 2.43. The third-order valence-electron chi connectivity index (χ3n) is 5.62. The minimum atomic E-state index is -0.642. The average Bonchev–Trinajstić information content (AvgIpc) is 3.33.